The number of ether oxygens (including phenoxy) is 1. The number of carboxylic acids is 1. The van der Waals surface area contributed by atoms with Gasteiger partial charge in [0.25, 0.3) is 0 Å². The molecule has 6 nitrogen and oxygen atoms in total. The molecule has 122 valence electrons. The van der Waals surface area contributed by atoms with Crippen LogP contribution in [0.1, 0.15) is 32.3 Å². The van der Waals surface area contributed by atoms with E-state index in [-0.39, 0.29) is 17.2 Å². The molecule has 0 aromatic heterocycles. The van der Waals surface area contributed by atoms with Crippen molar-refractivity contribution in [1.29, 1.82) is 0 Å². The van der Waals surface area contributed by atoms with Crippen LogP contribution in [0.4, 0.5) is 0 Å². The minimum absolute atomic E-state index is 0.0701. The summed E-state index contributed by atoms with van der Waals surface area (Å²) in [6.07, 6.45) is 1.84. The van der Waals surface area contributed by atoms with Crippen molar-refractivity contribution in [2.45, 2.75) is 44.0 Å². The Kier molecular flexibility index (Phi) is 5.08. The standard InChI is InChI=1S/C15H21NO5S/c1-10(2)8-13(15(17)18)16-22(19,20)12-5-6-14-11(9-12)4-3-7-21-14/h5-6,9-10,13,16H,3-4,7-8H2,1-2H3,(H,17,18)/t13-/m1/s1. The number of fused-ring (bicyclic) bond motifs is 1. The van der Waals surface area contributed by atoms with E-state index in [2.05, 4.69) is 4.72 Å². The van der Waals surface area contributed by atoms with Crippen LogP contribution in [0.15, 0.2) is 23.1 Å². The minimum atomic E-state index is -3.87. The van der Waals surface area contributed by atoms with Crippen LogP contribution >= 0.6 is 0 Å². The summed E-state index contributed by atoms with van der Waals surface area (Å²) in [5.41, 5.74) is 0.838. The number of aliphatic carboxylic acids is 1. The number of benzene rings is 1. The van der Waals surface area contributed by atoms with Crippen molar-refractivity contribution in [1.82, 2.24) is 4.72 Å². The molecule has 1 aromatic carbocycles. The van der Waals surface area contributed by atoms with Crippen molar-refractivity contribution in [2.24, 2.45) is 5.92 Å². The first-order valence-electron chi connectivity index (χ1n) is 7.30. The van der Waals surface area contributed by atoms with Crippen LogP contribution in [0.25, 0.3) is 0 Å². The third-order valence-electron chi connectivity index (χ3n) is 3.49. The molecular weight excluding hydrogens is 306 g/mol. The van der Waals surface area contributed by atoms with Crippen LogP contribution in [0.5, 0.6) is 5.75 Å². The molecule has 0 saturated carbocycles. The van der Waals surface area contributed by atoms with Gasteiger partial charge in [-0.25, -0.2) is 8.42 Å². The lowest BCUT2D eigenvalue weighted by Gasteiger charge is -2.19. The first kappa shape index (κ1) is 16.8. The monoisotopic (exact) mass is 327 g/mol. The van der Waals surface area contributed by atoms with Crippen molar-refractivity contribution >= 4 is 16.0 Å². The van der Waals surface area contributed by atoms with Gasteiger partial charge in [-0.05, 0) is 48.9 Å². The van der Waals surface area contributed by atoms with E-state index >= 15 is 0 Å². The maximum atomic E-state index is 12.4. The van der Waals surface area contributed by atoms with Crippen molar-refractivity contribution in [3.05, 3.63) is 23.8 Å². The molecule has 0 aliphatic carbocycles. The maximum absolute atomic E-state index is 12.4. The lowest BCUT2D eigenvalue weighted by atomic mass is 10.1. The average molecular weight is 327 g/mol. The normalized spacial score (nSPS) is 16.0. The molecule has 0 radical (unpaired) electrons. The second-order valence-corrected chi connectivity index (χ2v) is 7.58. The van der Waals surface area contributed by atoms with E-state index in [4.69, 9.17) is 4.74 Å². The Morgan fingerprint density at radius 1 is 1.41 bits per heavy atom. The number of hydrogen-bond acceptors (Lipinski definition) is 4. The van der Waals surface area contributed by atoms with Gasteiger partial charge in [0.2, 0.25) is 10.0 Å². The summed E-state index contributed by atoms with van der Waals surface area (Å²) >= 11 is 0. The first-order chi connectivity index (χ1) is 10.3. The molecule has 1 aliphatic rings. The molecule has 1 aromatic rings. The Labute approximate surface area is 130 Å². The van der Waals surface area contributed by atoms with Gasteiger partial charge in [0.1, 0.15) is 11.8 Å². The van der Waals surface area contributed by atoms with Crippen molar-refractivity contribution in [3.63, 3.8) is 0 Å². The van der Waals surface area contributed by atoms with Crippen LogP contribution in [-0.2, 0) is 21.2 Å². The number of sulfonamides is 1. The number of hydrogen-bond donors (Lipinski definition) is 2. The van der Waals surface area contributed by atoms with E-state index < -0.39 is 22.0 Å². The molecule has 0 saturated heterocycles. The van der Waals surface area contributed by atoms with E-state index in [0.29, 0.717) is 12.4 Å². The molecule has 1 heterocycles. The Bertz CT molecular complexity index is 654. The predicted octanol–water partition coefficient (Wildman–Crippen LogP) is 1.79. The highest BCUT2D eigenvalue weighted by molar-refractivity contribution is 7.89. The van der Waals surface area contributed by atoms with Crippen LogP contribution < -0.4 is 9.46 Å². The number of carbonyl (C=O) groups is 1. The van der Waals surface area contributed by atoms with Gasteiger partial charge in [-0.3, -0.25) is 4.79 Å². The molecule has 7 heteroatoms. The number of nitrogens with one attached hydrogen (secondary N) is 1. The summed E-state index contributed by atoms with van der Waals surface area (Å²) in [7, 11) is -3.87. The summed E-state index contributed by atoms with van der Waals surface area (Å²) < 4.78 is 32.5. The molecule has 0 bridgehead atoms. The van der Waals surface area contributed by atoms with Crippen molar-refractivity contribution < 1.29 is 23.1 Å². The second kappa shape index (κ2) is 6.66. The Morgan fingerprint density at radius 2 is 2.14 bits per heavy atom. The summed E-state index contributed by atoms with van der Waals surface area (Å²) in [5.74, 6) is -0.401. The van der Waals surface area contributed by atoms with E-state index in [1.165, 1.54) is 6.07 Å². The predicted molar refractivity (Wildman–Crippen MR) is 81.5 cm³/mol. The van der Waals surface area contributed by atoms with E-state index in [1.54, 1.807) is 12.1 Å². The van der Waals surface area contributed by atoms with Gasteiger partial charge in [0.05, 0.1) is 11.5 Å². The molecule has 0 fully saturated rings. The summed E-state index contributed by atoms with van der Waals surface area (Å²) in [4.78, 5) is 11.3. The SMILES string of the molecule is CC(C)C[C@@H](NS(=O)(=O)c1ccc2c(c1)CCCO2)C(=O)O. The molecule has 0 unspecified atom stereocenters. The van der Waals surface area contributed by atoms with Gasteiger partial charge in [-0.15, -0.1) is 0 Å². The smallest absolute Gasteiger partial charge is 0.321 e. The maximum Gasteiger partial charge on any atom is 0.321 e. The fourth-order valence-corrected chi connectivity index (χ4v) is 3.68. The highest BCUT2D eigenvalue weighted by Crippen LogP contribution is 2.27. The zero-order chi connectivity index (χ0) is 16.3. The van der Waals surface area contributed by atoms with Gasteiger partial charge in [-0.2, -0.15) is 4.72 Å². The van der Waals surface area contributed by atoms with Gasteiger partial charge >= 0.3 is 5.97 Å². The molecule has 1 atom stereocenters. The molecular formula is C15H21NO5S. The lowest BCUT2D eigenvalue weighted by molar-refractivity contribution is -0.139. The van der Waals surface area contributed by atoms with Gasteiger partial charge in [0.15, 0.2) is 0 Å². The zero-order valence-corrected chi connectivity index (χ0v) is 13.5. The number of aryl methyl sites for hydroxylation is 1. The molecule has 0 amide bonds. The van der Waals surface area contributed by atoms with E-state index in [0.717, 1.165) is 18.4 Å². The average Bonchev–Trinajstić information content (AvgIpc) is 2.45. The van der Waals surface area contributed by atoms with E-state index in [1.807, 2.05) is 13.8 Å². The van der Waals surface area contributed by atoms with Crippen LogP contribution in [0.3, 0.4) is 0 Å². The Balaban J connectivity index is 2.24. The highest BCUT2D eigenvalue weighted by atomic mass is 32.2. The molecule has 1 aliphatic heterocycles. The first-order valence-corrected chi connectivity index (χ1v) is 8.79. The quantitative estimate of drug-likeness (QED) is 0.831. The molecule has 0 spiro atoms. The van der Waals surface area contributed by atoms with Crippen LogP contribution in [0, 0.1) is 5.92 Å². The van der Waals surface area contributed by atoms with E-state index in [9.17, 15) is 18.3 Å². The summed E-state index contributed by atoms with van der Waals surface area (Å²) in [6.45, 7) is 4.33. The fourth-order valence-electron chi connectivity index (χ4n) is 2.43. The molecule has 2 rings (SSSR count). The Hall–Kier alpha value is -1.60. The van der Waals surface area contributed by atoms with Gasteiger partial charge < -0.3 is 9.84 Å². The van der Waals surface area contributed by atoms with Crippen LogP contribution in [-0.4, -0.2) is 32.1 Å². The highest BCUT2D eigenvalue weighted by Gasteiger charge is 2.27. The topological polar surface area (TPSA) is 92.7 Å². The lowest BCUT2D eigenvalue weighted by Crippen LogP contribution is -2.41. The zero-order valence-electron chi connectivity index (χ0n) is 12.7. The second-order valence-electron chi connectivity index (χ2n) is 5.86. The number of rotatable bonds is 6. The largest absolute Gasteiger partial charge is 0.493 e. The summed E-state index contributed by atoms with van der Waals surface area (Å²) in [5, 5.41) is 9.18. The van der Waals surface area contributed by atoms with Gasteiger partial charge in [0, 0.05) is 0 Å². The van der Waals surface area contributed by atoms with Gasteiger partial charge in [-0.1, -0.05) is 13.8 Å². The third-order valence-corrected chi connectivity index (χ3v) is 4.96. The van der Waals surface area contributed by atoms with Crippen molar-refractivity contribution in [2.75, 3.05) is 6.61 Å². The summed E-state index contributed by atoms with van der Waals surface area (Å²) in [6, 6.07) is 3.50. The fraction of sp³-hybridized carbons (Fsp3) is 0.533. The molecule has 2 N–H and O–H groups in total. The third kappa shape index (κ3) is 3.98. The molecule has 22 heavy (non-hydrogen) atoms. The minimum Gasteiger partial charge on any atom is -0.493 e. The van der Waals surface area contributed by atoms with Crippen LogP contribution in [0.2, 0.25) is 0 Å². The Morgan fingerprint density at radius 3 is 2.77 bits per heavy atom. The number of carboxylic acid groups (broad SMARTS) is 1. The van der Waals surface area contributed by atoms with Crippen molar-refractivity contribution in [3.8, 4) is 5.75 Å².